The molecule has 2 aliphatic heterocycles. The highest BCUT2D eigenvalue weighted by Gasteiger charge is 2.63. The number of nitrogens with one attached hydrogen (secondary N) is 1. The molecule has 33 heavy (non-hydrogen) atoms. The molecule has 2 saturated heterocycles. The molecule has 1 aromatic rings. The monoisotopic (exact) mass is 566 g/mol. The van der Waals surface area contributed by atoms with E-state index >= 15 is 0 Å². The van der Waals surface area contributed by atoms with Crippen molar-refractivity contribution in [2.24, 2.45) is 16.3 Å². The number of likely N-dealkylation sites (tertiary alicyclic amines) is 1. The van der Waals surface area contributed by atoms with Crippen LogP contribution in [0.15, 0.2) is 29.3 Å². The number of halogens is 1. The minimum atomic E-state index is -0.907. The molecule has 2 N–H and O–H groups in total. The molecule has 4 rings (SSSR count). The summed E-state index contributed by atoms with van der Waals surface area (Å²) < 4.78 is 1.10. The zero-order chi connectivity index (χ0) is 24.0. The molecule has 3 amide bonds. The fourth-order valence-corrected chi connectivity index (χ4v) is 6.84. The van der Waals surface area contributed by atoms with Gasteiger partial charge in [-0.2, -0.15) is 0 Å². The first-order valence-corrected chi connectivity index (χ1v) is 13.1. The summed E-state index contributed by atoms with van der Waals surface area (Å²) in [5, 5.41) is 13.1. The second-order valence-electron chi connectivity index (χ2n) is 10.7. The number of rotatable bonds is 2. The van der Waals surface area contributed by atoms with E-state index in [4.69, 9.17) is 4.99 Å². The lowest BCUT2D eigenvalue weighted by atomic mass is 9.61. The van der Waals surface area contributed by atoms with E-state index in [1.807, 2.05) is 36.1 Å². The molecule has 3 fully saturated rings. The van der Waals surface area contributed by atoms with Crippen LogP contribution < -0.4 is 10.2 Å². The standard InChI is InChI=1S/C25H35IN4O3/c1-16-20(24(2,3)4)25(14-15-29(16)23(32)33)21(27-18-8-6-5-7-9-18)28-22(31)30(25)19-12-10-17(26)11-13-19/h10-13,16,18,20H,5-9,14-15H2,1-4H3,(H,32,33)(H,27,28,31). The summed E-state index contributed by atoms with van der Waals surface area (Å²) in [4.78, 5) is 34.3. The maximum atomic E-state index is 13.6. The van der Waals surface area contributed by atoms with Gasteiger partial charge in [0.1, 0.15) is 11.4 Å². The molecular formula is C25H35IN4O3. The van der Waals surface area contributed by atoms with Gasteiger partial charge in [-0.05, 0) is 78.5 Å². The number of hydrogen-bond acceptors (Lipinski definition) is 3. The van der Waals surface area contributed by atoms with E-state index in [1.165, 1.54) is 11.3 Å². The summed E-state index contributed by atoms with van der Waals surface area (Å²) in [5.74, 6) is 0.588. The van der Waals surface area contributed by atoms with E-state index in [0.717, 1.165) is 40.8 Å². The van der Waals surface area contributed by atoms with Crippen LogP contribution in [0, 0.1) is 14.9 Å². The summed E-state index contributed by atoms with van der Waals surface area (Å²) in [6, 6.07) is 7.75. The molecule has 0 bridgehead atoms. The predicted molar refractivity (Wildman–Crippen MR) is 139 cm³/mol. The van der Waals surface area contributed by atoms with Crippen LogP contribution in [0.5, 0.6) is 0 Å². The third kappa shape index (κ3) is 4.35. The van der Waals surface area contributed by atoms with E-state index in [1.54, 1.807) is 0 Å². The Bertz CT molecular complexity index is 936. The summed E-state index contributed by atoms with van der Waals surface area (Å²) in [5.41, 5.74) is -0.161. The van der Waals surface area contributed by atoms with Gasteiger partial charge in [0.05, 0.1) is 6.04 Å². The largest absolute Gasteiger partial charge is 0.465 e. The van der Waals surface area contributed by atoms with Crippen molar-refractivity contribution in [3.63, 3.8) is 0 Å². The fourth-order valence-electron chi connectivity index (χ4n) is 6.48. The van der Waals surface area contributed by atoms with Crippen molar-refractivity contribution in [3.05, 3.63) is 27.8 Å². The van der Waals surface area contributed by atoms with Crippen molar-refractivity contribution in [2.45, 2.75) is 83.8 Å². The number of anilines is 1. The van der Waals surface area contributed by atoms with Crippen LogP contribution in [0.2, 0.25) is 0 Å². The molecule has 7 nitrogen and oxygen atoms in total. The second-order valence-corrected chi connectivity index (χ2v) is 12.0. The zero-order valence-electron chi connectivity index (χ0n) is 20.0. The maximum absolute atomic E-state index is 13.6. The van der Waals surface area contributed by atoms with Gasteiger partial charge in [-0.15, -0.1) is 0 Å². The van der Waals surface area contributed by atoms with Gasteiger partial charge in [0.2, 0.25) is 0 Å². The number of benzene rings is 1. The van der Waals surface area contributed by atoms with Gasteiger partial charge in [0, 0.05) is 27.8 Å². The van der Waals surface area contributed by atoms with Crippen molar-refractivity contribution in [2.75, 3.05) is 11.4 Å². The summed E-state index contributed by atoms with van der Waals surface area (Å²) in [6.07, 6.45) is 5.25. The highest BCUT2D eigenvalue weighted by molar-refractivity contribution is 14.1. The number of piperidine rings is 1. The van der Waals surface area contributed by atoms with E-state index in [9.17, 15) is 14.7 Å². The van der Waals surface area contributed by atoms with Crippen LogP contribution in [0.1, 0.15) is 66.2 Å². The van der Waals surface area contributed by atoms with Crippen LogP contribution in [0.3, 0.4) is 0 Å². The smallest absolute Gasteiger partial charge is 0.407 e. The van der Waals surface area contributed by atoms with Gasteiger partial charge in [0.25, 0.3) is 0 Å². The Morgan fingerprint density at radius 2 is 1.82 bits per heavy atom. The van der Waals surface area contributed by atoms with E-state index < -0.39 is 11.6 Å². The zero-order valence-corrected chi connectivity index (χ0v) is 22.1. The number of carbonyl (C=O) groups excluding carboxylic acids is 1. The minimum Gasteiger partial charge on any atom is -0.465 e. The number of urea groups is 1. The normalized spacial score (nSPS) is 30.2. The molecule has 2 heterocycles. The molecule has 1 saturated carbocycles. The topological polar surface area (TPSA) is 85.2 Å². The summed E-state index contributed by atoms with van der Waals surface area (Å²) >= 11 is 2.27. The molecule has 0 radical (unpaired) electrons. The highest BCUT2D eigenvalue weighted by Crippen LogP contribution is 2.51. The van der Waals surface area contributed by atoms with Gasteiger partial charge in [0.15, 0.2) is 0 Å². The van der Waals surface area contributed by atoms with E-state index in [-0.39, 0.29) is 29.4 Å². The van der Waals surface area contributed by atoms with Gasteiger partial charge >= 0.3 is 12.1 Å². The average Bonchev–Trinajstić information content (AvgIpc) is 2.99. The van der Waals surface area contributed by atoms with E-state index in [2.05, 4.69) is 48.7 Å². The van der Waals surface area contributed by atoms with Crippen molar-refractivity contribution in [1.29, 1.82) is 0 Å². The molecule has 180 valence electrons. The van der Waals surface area contributed by atoms with Crippen LogP contribution >= 0.6 is 22.6 Å². The first kappa shape index (κ1) is 24.3. The molecular weight excluding hydrogens is 531 g/mol. The molecule has 1 aromatic carbocycles. The van der Waals surface area contributed by atoms with Gasteiger partial charge in [-0.25, -0.2) is 9.59 Å². The molecule has 0 aromatic heterocycles. The van der Waals surface area contributed by atoms with Crippen LogP contribution in [-0.4, -0.2) is 52.1 Å². The molecule has 3 atom stereocenters. The highest BCUT2D eigenvalue weighted by atomic mass is 127. The van der Waals surface area contributed by atoms with Crippen LogP contribution in [-0.2, 0) is 0 Å². The van der Waals surface area contributed by atoms with Crippen LogP contribution in [0.25, 0.3) is 0 Å². The number of amides is 3. The number of aliphatic imine (C=N–C) groups is 1. The summed E-state index contributed by atoms with van der Waals surface area (Å²) in [6.45, 7) is 8.79. The first-order valence-electron chi connectivity index (χ1n) is 12.0. The number of amidine groups is 1. The van der Waals surface area contributed by atoms with Crippen molar-refractivity contribution >= 4 is 46.2 Å². The van der Waals surface area contributed by atoms with E-state index in [0.29, 0.717) is 13.0 Å². The molecule has 1 spiro atoms. The Labute approximate surface area is 210 Å². The molecule has 3 aliphatic rings. The van der Waals surface area contributed by atoms with Crippen molar-refractivity contribution < 1.29 is 14.7 Å². The predicted octanol–water partition coefficient (Wildman–Crippen LogP) is 5.73. The van der Waals surface area contributed by atoms with Gasteiger partial charge in [-0.1, -0.05) is 40.0 Å². The minimum absolute atomic E-state index is 0.143. The Morgan fingerprint density at radius 3 is 2.39 bits per heavy atom. The SMILES string of the molecule is CC1C(C(C)(C)C)C2(CCN1C(=O)O)C(=NC1CCCCC1)NC(=O)N2c1ccc(I)cc1. The number of carboxylic acid groups (broad SMARTS) is 1. The number of nitrogens with zero attached hydrogens (tertiary/aromatic N) is 3. The summed E-state index contributed by atoms with van der Waals surface area (Å²) in [7, 11) is 0. The second kappa shape index (κ2) is 9.07. The van der Waals surface area contributed by atoms with Gasteiger partial charge in [-0.3, -0.25) is 15.2 Å². The quantitative estimate of drug-likeness (QED) is 0.449. The molecule has 1 aliphatic carbocycles. The third-order valence-corrected chi connectivity index (χ3v) is 8.33. The lowest BCUT2D eigenvalue weighted by Crippen LogP contribution is -2.69. The lowest BCUT2D eigenvalue weighted by Gasteiger charge is -2.56. The maximum Gasteiger partial charge on any atom is 0.407 e. The van der Waals surface area contributed by atoms with Gasteiger partial charge < -0.3 is 10.0 Å². The van der Waals surface area contributed by atoms with Crippen LogP contribution in [0.4, 0.5) is 15.3 Å². The van der Waals surface area contributed by atoms with Crippen molar-refractivity contribution in [3.8, 4) is 0 Å². The fraction of sp³-hybridized carbons (Fsp3) is 0.640. The third-order valence-electron chi connectivity index (χ3n) is 7.61. The number of carbonyl (C=O) groups is 2. The Kier molecular flexibility index (Phi) is 6.68. The Morgan fingerprint density at radius 1 is 1.18 bits per heavy atom. The Hall–Kier alpha value is -1.84. The van der Waals surface area contributed by atoms with Crippen molar-refractivity contribution in [1.82, 2.24) is 10.2 Å². The average molecular weight is 566 g/mol. The lowest BCUT2D eigenvalue weighted by molar-refractivity contribution is 0.0138. The first-order chi connectivity index (χ1) is 15.6. The number of hydrogen-bond donors (Lipinski definition) is 2. The molecule has 8 heteroatoms. The molecule has 3 unspecified atom stereocenters. The Balaban J connectivity index is 1.90.